The molecule has 0 unspecified atom stereocenters. The van der Waals surface area contributed by atoms with Crippen molar-refractivity contribution in [3.8, 4) is 0 Å². The summed E-state index contributed by atoms with van der Waals surface area (Å²) in [5.41, 5.74) is 1.76. The van der Waals surface area contributed by atoms with Crippen molar-refractivity contribution < 1.29 is 9.90 Å². The fourth-order valence-electron chi connectivity index (χ4n) is 2.87. The maximum absolute atomic E-state index is 11.2. The zero-order chi connectivity index (χ0) is 13.9. The first-order valence-corrected chi connectivity index (χ1v) is 7.15. The van der Waals surface area contributed by atoms with E-state index >= 15 is 0 Å². The molecule has 2 aromatic rings. The van der Waals surface area contributed by atoms with Crippen LogP contribution < -0.4 is 0 Å². The number of hydrogen-bond acceptors (Lipinski definition) is 3. The Hall–Kier alpha value is -1.88. The molecule has 3 rings (SSSR count). The molecule has 0 radical (unpaired) electrons. The zero-order valence-electron chi connectivity index (χ0n) is 11.5. The molecule has 1 N–H and O–H groups in total. The fraction of sp³-hybridized carbons (Fsp3) is 0.467. The number of nitrogens with zero attached hydrogens (tertiary/aromatic N) is 3. The highest BCUT2D eigenvalue weighted by Gasteiger charge is 2.14. The van der Waals surface area contributed by atoms with Crippen LogP contribution in [0.5, 0.6) is 0 Å². The van der Waals surface area contributed by atoms with E-state index in [0.717, 1.165) is 18.6 Å². The minimum absolute atomic E-state index is 0.277. The lowest BCUT2D eigenvalue weighted by molar-refractivity contribution is 0.0699. The Balaban J connectivity index is 1.78. The van der Waals surface area contributed by atoms with Gasteiger partial charge in [-0.3, -0.25) is 0 Å². The van der Waals surface area contributed by atoms with Crippen LogP contribution in [0.1, 0.15) is 29.6 Å². The molecule has 5 nitrogen and oxygen atoms in total. The van der Waals surface area contributed by atoms with Crippen LogP contribution in [0.2, 0.25) is 0 Å². The summed E-state index contributed by atoms with van der Waals surface area (Å²) >= 11 is 0. The normalized spacial score (nSPS) is 16.6. The highest BCUT2D eigenvalue weighted by molar-refractivity contribution is 6.00. The number of likely N-dealkylation sites (tertiary alicyclic amines) is 1. The first kappa shape index (κ1) is 13.1. The monoisotopic (exact) mass is 273 g/mol. The SMILES string of the molecule is O=C(O)c1cccc2c1ncn2CCN1CCCCC1. The van der Waals surface area contributed by atoms with Crippen molar-refractivity contribution in [1.29, 1.82) is 0 Å². The number of carboxylic acids is 1. The van der Waals surface area contributed by atoms with E-state index in [9.17, 15) is 4.79 Å². The molecule has 0 saturated carbocycles. The first-order valence-electron chi connectivity index (χ1n) is 7.15. The maximum Gasteiger partial charge on any atom is 0.337 e. The van der Waals surface area contributed by atoms with Gasteiger partial charge in [-0.25, -0.2) is 9.78 Å². The van der Waals surface area contributed by atoms with E-state index < -0.39 is 5.97 Å². The van der Waals surface area contributed by atoms with Crippen LogP contribution in [0.3, 0.4) is 0 Å². The molecule has 1 aliphatic rings. The lowest BCUT2D eigenvalue weighted by Crippen LogP contribution is -2.32. The van der Waals surface area contributed by atoms with Crippen molar-refractivity contribution in [3.63, 3.8) is 0 Å². The molecular formula is C15H19N3O2. The summed E-state index contributed by atoms with van der Waals surface area (Å²) in [6.07, 6.45) is 5.66. The maximum atomic E-state index is 11.2. The smallest absolute Gasteiger partial charge is 0.337 e. The van der Waals surface area contributed by atoms with Gasteiger partial charge in [-0.2, -0.15) is 0 Å². The Morgan fingerprint density at radius 1 is 1.20 bits per heavy atom. The summed E-state index contributed by atoms with van der Waals surface area (Å²) in [7, 11) is 0. The third-order valence-electron chi connectivity index (χ3n) is 3.99. The van der Waals surface area contributed by atoms with Crippen molar-refractivity contribution >= 4 is 17.0 Å². The third kappa shape index (κ3) is 2.54. The van der Waals surface area contributed by atoms with Crippen LogP contribution in [-0.4, -0.2) is 45.2 Å². The van der Waals surface area contributed by atoms with Gasteiger partial charge in [0, 0.05) is 13.1 Å². The molecule has 0 spiro atoms. The minimum atomic E-state index is -0.920. The van der Waals surface area contributed by atoms with Gasteiger partial charge in [-0.15, -0.1) is 0 Å². The van der Waals surface area contributed by atoms with E-state index in [-0.39, 0.29) is 5.56 Å². The van der Waals surface area contributed by atoms with Crippen LogP contribution in [0, 0.1) is 0 Å². The molecule has 2 heterocycles. The molecule has 0 aliphatic carbocycles. The van der Waals surface area contributed by atoms with Crippen LogP contribution in [0.15, 0.2) is 24.5 Å². The molecule has 1 fully saturated rings. The van der Waals surface area contributed by atoms with E-state index in [1.54, 1.807) is 18.5 Å². The summed E-state index contributed by atoms with van der Waals surface area (Å²) in [5, 5.41) is 9.17. The molecule has 106 valence electrons. The number of benzene rings is 1. The molecule has 0 bridgehead atoms. The van der Waals surface area contributed by atoms with E-state index in [1.165, 1.54) is 32.4 Å². The first-order chi connectivity index (χ1) is 9.75. The van der Waals surface area contributed by atoms with Gasteiger partial charge in [0.15, 0.2) is 0 Å². The number of rotatable bonds is 4. The molecule has 5 heteroatoms. The number of imidazole rings is 1. The number of piperidine rings is 1. The van der Waals surface area contributed by atoms with Crippen molar-refractivity contribution in [3.05, 3.63) is 30.1 Å². The summed E-state index contributed by atoms with van der Waals surface area (Å²) in [6.45, 7) is 4.21. The Kier molecular flexibility index (Phi) is 3.69. The second kappa shape index (κ2) is 5.63. The average Bonchev–Trinajstić information content (AvgIpc) is 2.89. The van der Waals surface area contributed by atoms with Gasteiger partial charge in [0.1, 0.15) is 5.52 Å². The third-order valence-corrected chi connectivity index (χ3v) is 3.99. The average molecular weight is 273 g/mol. The topological polar surface area (TPSA) is 58.4 Å². The Bertz CT molecular complexity index is 615. The molecule has 0 amide bonds. The second-order valence-corrected chi connectivity index (χ2v) is 5.32. The quantitative estimate of drug-likeness (QED) is 0.928. The number of aromatic nitrogens is 2. The van der Waals surface area contributed by atoms with E-state index in [0.29, 0.717) is 5.52 Å². The summed E-state index contributed by atoms with van der Waals surface area (Å²) < 4.78 is 2.05. The highest BCUT2D eigenvalue weighted by atomic mass is 16.4. The van der Waals surface area contributed by atoms with Gasteiger partial charge in [0.25, 0.3) is 0 Å². The number of fused-ring (bicyclic) bond motifs is 1. The van der Waals surface area contributed by atoms with E-state index in [2.05, 4.69) is 14.5 Å². The van der Waals surface area contributed by atoms with Crippen molar-refractivity contribution in [2.24, 2.45) is 0 Å². The number of para-hydroxylation sites is 1. The summed E-state index contributed by atoms with van der Waals surface area (Å²) in [6, 6.07) is 5.32. The van der Waals surface area contributed by atoms with Gasteiger partial charge >= 0.3 is 5.97 Å². The number of aromatic carboxylic acids is 1. The zero-order valence-corrected chi connectivity index (χ0v) is 11.5. The molecule has 1 aromatic heterocycles. The predicted octanol–water partition coefficient (Wildman–Crippen LogP) is 2.22. The molecule has 1 saturated heterocycles. The van der Waals surface area contributed by atoms with Crippen molar-refractivity contribution in [2.45, 2.75) is 25.8 Å². The Morgan fingerprint density at radius 3 is 2.75 bits per heavy atom. The van der Waals surface area contributed by atoms with Gasteiger partial charge in [0.2, 0.25) is 0 Å². The van der Waals surface area contributed by atoms with Crippen molar-refractivity contribution in [2.75, 3.05) is 19.6 Å². The lowest BCUT2D eigenvalue weighted by Gasteiger charge is -2.26. The number of carbonyl (C=O) groups is 1. The van der Waals surface area contributed by atoms with E-state index in [1.807, 2.05) is 6.07 Å². The van der Waals surface area contributed by atoms with Crippen LogP contribution in [0.25, 0.3) is 11.0 Å². The number of carboxylic acid groups (broad SMARTS) is 1. The Morgan fingerprint density at radius 2 is 2.00 bits per heavy atom. The van der Waals surface area contributed by atoms with Crippen molar-refractivity contribution in [1.82, 2.24) is 14.5 Å². The second-order valence-electron chi connectivity index (χ2n) is 5.32. The van der Waals surface area contributed by atoms with Gasteiger partial charge in [-0.1, -0.05) is 12.5 Å². The number of hydrogen-bond donors (Lipinski definition) is 1. The van der Waals surface area contributed by atoms with Crippen LogP contribution in [0.4, 0.5) is 0 Å². The molecule has 0 atom stereocenters. The minimum Gasteiger partial charge on any atom is -0.478 e. The summed E-state index contributed by atoms with van der Waals surface area (Å²) in [4.78, 5) is 17.9. The van der Waals surface area contributed by atoms with Gasteiger partial charge in [-0.05, 0) is 38.1 Å². The predicted molar refractivity (Wildman–Crippen MR) is 77.0 cm³/mol. The van der Waals surface area contributed by atoms with E-state index in [4.69, 9.17) is 5.11 Å². The molecule has 1 aliphatic heterocycles. The molecular weight excluding hydrogens is 254 g/mol. The summed E-state index contributed by atoms with van der Waals surface area (Å²) in [5.74, 6) is -0.920. The largest absolute Gasteiger partial charge is 0.478 e. The van der Waals surface area contributed by atoms with Gasteiger partial charge < -0.3 is 14.6 Å². The molecule has 1 aromatic carbocycles. The molecule has 20 heavy (non-hydrogen) atoms. The van der Waals surface area contributed by atoms with Crippen LogP contribution in [-0.2, 0) is 6.54 Å². The van der Waals surface area contributed by atoms with Crippen LogP contribution >= 0.6 is 0 Å². The standard InChI is InChI=1S/C15H19N3O2/c19-15(20)12-5-4-6-13-14(12)16-11-18(13)10-9-17-7-2-1-3-8-17/h4-6,11H,1-3,7-10H2,(H,19,20). The Labute approximate surface area is 117 Å². The van der Waals surface area contributed by atoms with Gasteiger partial charge in [0.05, 0.1) is 17.4 Å². The fourth-order valence-corrected chi connectivity index (χ4v) is 2.87. The lowest BCUT2D eigenvalue weighted by atomic mass is 10.1. The highest BCUT2D eigenvalue weighted by Crippen LogP contribution is 2.18.